The minimum atomic E-state index is -1.11. The predicted octanol–water partition coefficient (Wildman–Crippen LogP) is 2.29. The first-order valence-corrected chi connectivity index (χ1v) is 7.73. The Labute approximate surface area is 138 Å². The van der Waals surface area contributed by atoms with Gasteiger partial charge in [0.05, 0.1) is 13.2 Å². The Kier molecular flexibility index (Phi) is 4.46. The SMILES string of the molecule is CCOC(=O)OC1CN(Cc2cccc3ccccc23)C(=O)C1=O. The minimum absolute atomic E-state index is 0.0414. The van der Waals surface area contributed by atoms with Crippen molar-refractivity contribution in [1.82, 2.24) is 4.90 Å². The number of benzene rings is 2. The fraction of sp³-hybridized carbons (Fsp3) is 0.278. The molecule has 124 valence electrons. The third-order valence-electron chi connectivity index (χ3n) is 3.92. The second-order valence-electron chi connectivity index (χ2n) is 5.48. The van der Waals surface area contributed by atoms with Gasteiger partial charge >= 0.3 is 6.16 Å². The number of hydrogen-bond donors (Lipinski definition) is 0. The zero-order chi connectivity index (χ0) is 17.1. The second kappa shape index (κ2) is 6.70. The van der Waals surface area contributed by atoms with Crippen molar-refractivity contribution in [3.8, 4) is 0 Å². The van der Waals surface area contributed by atoms with Crippen molar-refractivity contribution in [2.24, 2.45) is 0 Å². The molecule has 1 aliphatic heterocycles. The van der Waals surface area contributed by atoms with E-state index >= 15 is 0 Å². The summed E-state index contributed by atoms with van der Waals surface area (Å²) < 4.78 is 9.57. The average molecular weight is 327 g/mol. The Morgan fingerprint density at radius 3 is 2.71 bits per heavy atom. The Balaban J connectivity index is 1.77. The van der Waals surface area contributed by atoms with E-state index in [2.05, 4.69) is 4.74 Å². The van der Waals surface area contributed by atoms with Crippen LogP contribution in [0.25, 0.3) is 10.8 Å². The molecule has 2 aromatic rings. The molecule has 24 heavy (non-hydrogen) atoms. The number of rotatable bonds is 4. The Bertz CT molecular complexity index is 796. The van der Waals surface area contributed by atoms with E-state index in [-0.39, 0.29) is 19.7 Å². The van der Waals surface area contributed by atoms with Crippen LogP contribution in [-0.2, 0) is 25.6 Å². The van der Waals surface area contributed by atoms with Crippen molar-refractivity contribution in [3.05, 3.63) is 48.0 Å². The number of hydrogen-bond acceptors (Lipinski definition) is 5. The highest BCUT2D eigenvalue weighted by Crippen LogP contribution is 2.22. The fourth-order valence-electron chi connectivity index (χ4n) is 2.79. The molecule has 2 aromatic carbocycles. The maximum atomic E-state index is 12.1. The molecule has 1 heterocycles. The molecule has 1 unspecified atom stereocenters. The van der Waals surface area contributed by atoms with Crippen LogP contribution in [0.3, 0.4) is 0 Å². The van der Waals surface area contributed by atoms with Gasteiger partial charge in [-0.05, 0) is 23.3 Å². The molecular formula is C18H17NO5. The standard InChI is InChI=1S/C18H17NO5/c1-2-23-18(22)24-15-11-19(17(21)16(15)20)10-13-8-5-7-12-6-3-4-9-14(12)13/h3-9,15H,2,10-11H2,1H3. The number of fused-ring (bicyclic) bond motifs is 1. The summed E-state index contributed by atoms with van der Waals surface area (Å²) in [5.41, 5.74) is 0.936. The number of nitrogens with zero attached hydrogens (tertiary/aromatic N) is 1. The van der Waals surface area contributed by atoms with E-state index in [1.54, 1.807) is 6.92 Å². The van der Waals surface area contributed by atoms with E-state index in [0.29, 0.717) is 0 Å². The van der Waals surface area contributed by atoms with Crippen LogP contribution in [0.5, 0.6) is 0 Å². The third-order valence-corrected chi connectivity index (χ3v) is 3.92. The minimum Gasteiger partial charge on any atom is -0.435 e. The third kappa shape index (κ3) is 3.08. The molecule has 0 bridgehead atoms. The molecule has 1 fully saturated rings. The van der Waals surface area contributed by atoms with Crippen molar-refractivity contribution in [2.75, 3.05) is 13.2 Å². The van der Waals surface area contributed by atoms with Gasteiger partial charge in [0.2, 0.25) is 0 Å². The highest BCUT2D eigenvalue weighted by Gasteiger charge is 2.41. The largest absolute Gasteiger partial charge is 0.509 e. The van der Waals surface area contributed by atoms with Gasteiger partial charge in [0, 0.05) is 6.54 Å². The smallest absolute Gasteiger partial charge is 0.435 e. The van der Waals surface area contributed by atoms with E-state index in [1.165, 1.54) is 4.90 Å². The van der Waals surface area contributed by atoms with Crippen LogP contribution in [0.1, 0.15) is 12.5 Å². The van der Waals surface area contributed by atoms with Crippen LogP contribution in [0, 0.1) is 0 Å². The molecule has 0 aliphatic carbocycles. The van der Waals surface area contributed by atoms with Crippen molar-refractivity contribution in [1.29, 1.82) is 0 Å². The molecule has 1 aliphatic rings. The molecule has 6 nitrogen and oxygen atoms in total. The van der Waals surface area contributed by atoms with E-state index in [0.717, 1.165) is 16.3 Å². The number of ether oxygens (including phenoxy) is 2. The Morgan fingerprint density at radius 1 is 1.17 bits per heavy atom. The van der Waals surface area contributed by atoms with Gasteiger partial charge in [-0.15, -0.1) is 0 Å². The zero-order valence-electron chi connectivity index (χ0n) is 13.2. The number of Topliss-reactive ketones (excluding diaryl/α,β-unsaturated/α-hetero) is 1. The fourth-order valence-corrected chi connectivity index (χ4v) is 2.79. The predicted molar refractivity (Wildman–Crippen MR) is 86.3 cm³/mol. The highest BCUT2D eigenvalue weighted by molar-refractivity contribution is 6.40. The summed E-state index contributed by atoms with van der Waals surface area (Å²) in [7, 11) is 0. The molecule has 6 heteroatoms. The van der Waals surface area contributed by atoms with Crippen LogP contribution < -0.4 is 0 Å². The first-order chi connectivity index (χ1) is 11.6. The maximum Gasteiger partial charge on any atom is 0.509 e. The summed E-state index contributed by atoms with van der Waals surface area (Å²) in [5.74, 6) is -1.36. The lowest BCUT2D eigenvalue weighted by Crippen LogP contribution is -2.27. The van der Waals surface area contributed by atoms with Gasteiger partial charge in [0.15, 0.2) is 6.10 Å². The van der Waals surface area contributed by atoms with E-state index in [9.17, 15) is 14.4 Å². The van der Waals surface area contributed by atoms with Gasteiger partial charge in [-0.3, -0.25) is 9.59 Å². The van der Waals surface area contributed by atoms with Crippen LogP contribution in [0.4, 0.5) is 4.79 Å². The Morgan fingerprint density at radius 2 is 1.92 bits per heavy atom. The Hall–Kier alpha value is -2.89. The molecule has 0 N–H and O–H groups in total. The summed E-state index contributed by atoms with van der Waals surface area (Å²) in [6, 6.07) is 13.6. The zero-order valence-corrected chi connectivity index (χ0v) is 13.2. The molecule has 1 amide bonds. The average Bonchev–Trinajstić information content (AvgIpc) is 2.83. The number of carbonyl (C=O) groups is 3. The van der Waals surface area contributed by atoms with E-state index in [4.69, 9.17) is 4.74 Å². The van der Waals surface area contributed by atoms with Crippen LogP contribution in [0.15, 0.2) is 42.5 Å². The lowest BCUT2D eigenvalue weighted by Gasteiger charge is -2.17. The number of amides is 1. The van der Waals surface area contributed by atoms with Crippen LogP contribution in [-0.4, -0.2) is 42.0 Å². The van der Waals surface area contributed by atoms with Crippen molar-refractivity contribution in [2.45, 2.75) is 19.6 Å². The van der Waals surface area contributed by atoms with Crippen LogP contribution >= 0.6 is 0 Å². The quantitative estimate of drug-likeness (QED) is 0.636. The van der Waals surface area contributed by atoms with Gasteiger partial charge in [-0.2, -0.15) is 0 Å². The lowest BCUT2D eigenvalue weighted by molar-refractivity contribution is -0.142. The van der Waals surface area contributed by atoms with Crippen molar-refractivity contribution < 1.29 is 23.9 Å². The van der Waals surface area contributed by atoms with E-state index < -0.39 is 23.9 Å². The first-order valence-electron chi connectivity index (χ1n) is 7.73. The number of ketones is 1. The maximum absolute atomic E-state index is 12.1. The number of likely N-dealkylation sites (tertiary alicyclic amines) is 1. The lowest BCUT2D eigenvalue weighted by atomic mass is 10.0. The van der Waals surface area contributed by atoms with Crippen molar-refractivity contribution in [3.63, 3.8) is 0 Å². The molecule has 0 radical (unpaired) electrons. The summed E-state index contributed by atoms with van der Waals surface area (Å²) in [4.78, 5) is 36.9. The summed E-state index contributed by atoms with van der Waals surface area (Å²) >= 11 is 0. The summed E-state index contributed by atoms with van der Waals surface area (Å²) in [5, 5.41) is 2.09. The highest BCUT2D eigenvalue weighted by atomic mass is 16.7. The van der Waals surface area contributed by atoms with Gasteiger partial charge < -0.3 is 14.4 Å². The normalized spacial score (nSPS) is 17.4. The second-order valence-corrected chi connectivity index (χ2v) is 5.48. The molecule has 1 atom stereocenters. The monoisotopic (exact) mass is 327 g/mol. The van der Waals surface area contributed by atoms with Crippen molar-refractivity contribution >= 4 is 28.6 Å². The molecule has 0 aromatic heterocycles. The van der Waals surface area contributed by atoms with Gasteiger partial charge in [0.1, 0.15) is 0 Å². The van der Waals surface area contributed by atoms with E-state index in [1.807, 2.05) is 42.5 Å². The summed E-state index contributed by atoms with van der Waals surface area (Å²) in [6.45, 7) is 2.11. The first kappa shape index (κ1) is 16.0. The summed E-state index contributed by atoms with van der Waals surface area (Å²) in [6.07, 6.45) is -2.04. The van der Waals surface area contributed by atoms with Gasteiger partial charge in [0.25, 0.3) is 11.7 Å². The van der Waals surface area contributed by atoms with Gasteiger partial charge in [-0.25, -0.2) is 4.79 Å². The molecule has 0 saturated carbocycles. The molecular weight excluding hydrogens is 310 g/mol. The van der Waals surface area contributed by atoms with Gasteiger partial charge in [-0.1, -0.05) is 42.5 Å². The topological polar surface area (TPSA) is 72.9 Å². The number of carbonyl (C=O) groups excluding carboxylic acids is 3. The molecule has 1 saturated heterocycles. The van der Waals surface area contributed by atoms with Crippen LogP contribution in [0.2, 0.25) is 0 Å². The molecule has 3 rings (SSSR count). The molecule has 0 spiro atoms.